The first-order chi connectivity index (χ1) is 13.9. The van der Waals surface area contributed by atoms with Gasteiger partial charge in [-0.3, -0.25) is 9.48 Å². The molecule has 3 rings (SSSR count). The van der Waals surface area contributed by atoms with E-state index in [0.29, 0.717) is 45.9 Å². The van der Waals surface area contributed by atoms with E-state index in [9.17, 15) is 4.79 Å². The van der Waals surface area contributed by atoms with Crippen LogP contribution >= 0.6 is 23.2 Å². The van der Waals surface area contributed by atoms with Gasteiger partial charge in [-0.1, -0.05) is 29.3 Å². The van der Waals surface area contributed by atoms with Crippen molar-refractivity contribution < 1.29 is 14.3 Å². The maximum absolute atomic E-state index is 12.6. The highest BCUT2D eigenvalue weighted by atomic mass is 35.5. The van der Waals surface area contributed by atoms with Gasteiger partial charge in [0.2, 0.25) is 0 Å². The maximum Gasteiger partial charge on any atom is 0.269 e. The van der Waals surface area contributed by atoms with Gasteiger partial charge in [-0.05, 0) is 42.3 Å². The summed E-state index contributed by atoms with van der Waals surface area (Å²) in [6, 6.07) is 12.5. The smallest absolute Gasteiger partial charge is 0.269 e. The molecule has 152 valence electrons. The molecule has 1 amide bonds. The number of carbonyl (C=O) groups is 1. The Morgan fingerprint density at radius 2 is 1.90 bits per heavy atom. The second-order valence-electron chi connectivity index (χ2n) is 6.35. The Labute approximate surface area is 179 Å². The minimum atomic E-state index is -0.219. The van der Waals surface area contributed by atoms with Gasteiger partial charge in [0, 0.05) is 35.3 Å². The van der Waals surface area contributed by atoms with Crippen LogP contribution in [-0.2, 0) is 13.5 Å². The average Bonchev–Trinajstić information content (AvgIpc) is 3.10. The number of amides is 1. The number of nitrogens with one attached hydrogen (secondary N) is 1. The predicted molar refractivity (Wildman–Crippen MR) is 114 cm³/mol. The molecular formula is C21H21Cl2N3O3. The summed E-state index contributed by atoms with van der Waals surface area (Å²) in [6.07, 6.45) is 0.596. The number of aromatic nitrogens is 2. The summed E-state index contributed by atoms with van der Waals surface area (Å²) in [4.78, 5) is 12.6. The number of aryl methyl sites for hydroxylation is 1. The molecule has 3 aromatic rings. The van der Waals surface area contributed by atoms with Gasteiger partial charge >= 0.3 is 0 Å². The highest BCUT2D eigenvalue weighted by molar-refractivity contribution is 6.35. The molecule has 2 aromatic carbocycles. The van der Waals surface area contributed by atoms with Crippen LogP contribution in [0.15, 0.2) is 42.5 Å². The number of methoxy groups -OCH3 is 2. The first-order valence-corrected chi connectivity index (χ1v) is 9.67. The Balaban J connectivity index is 1.72. The van der Waals surface area contributed by atoms with E-state index >= 15 is 0 Å². The van der Waals surface area contributed by atoms with Gasteiger partial charge in [0.15, 0.2) is 0 Å². The predicted octanol–water partition coefficient (Wildman–Crippen LogP) is 4.38. The second kappa shape index (κ2) is 9.20. The number of carbonyl (C=O) groups excluding carboxylic acids is 1. The van der Waals surface area contributed by atoms with Crippen molar-refractivity contribution in [2.45, 2.75) is 6.42 Å². The fraction of sp³-hybridized carbons (Fsp3) is 0.238. The molecule has 29 heavy (non-hydrogen) atoms. The summed E-state index contributed by atoms with van der Waals surface area (Å²) in [5.41, 5.74) is 2.78. The summed E-state index contributed by atoms with van der Waals surface area (Å²) < 4.78 is 12.2. The molecule has 0 aliphatic heterocycles. The molecule has 6 nitrogen and oxygen atoms in total. The van der Waals surface area contributed by atoms with Gasteiger partial charge in [-0.2, -0.15) is 5.10 Å². The first-order valence-electron chi connectivity index (χ1n) is 8.91. The zero-order valence-electron chi connectivity index (χ0n) is 16.3. The van der Waals surface area contributed by atoms with E-state index in [0.717, 1.165) is 11.1 Å². The van der Waals surface area contributed by atoms with E-state index in [-0.39, 0.29) is 5.91 Å². The summed E-state index contributed by atoms with van der Waals surface area (Å²) in [6.45, 7) is 0.437. The molecule has 0 radical (unpaired) electrons. The third kappa shape index (κ3) is 4.83. The highest BCUT2D eigenvalue weighted by Crippen LogP contribution is 2.32. The Bertz CT molecular complexity index is 1030. The van der Waals surface area contributed by atoms with Crippen LogP contribution in [0.3, 0.4) is 0 Å². The van der Waals surface area contributed by atoms with Crippen molar-refractivity contribution in [1.82, 2.24) is 15.1 Å². The number of nitrogens with zero attached hydrogens (tertiary/aromatic N) is 2. The molecule has 0 unspecified atom stereocenters. The third-order valence-corrected chi connectivity index (χ3v) is 5.08. The van der Waals surface area contributed by atoms with E-state index in [2.05, 4.69) is 10.4 Å². The van der Waals surface area contributed by atoms with Crippen molar-refractivity contribution in [2.24, 2.45) is 7.05 Å². The number of hydrogen-bond acceptors (Lipinski definition) is 4. The number of benzene rings is 2. The zero-order valence-corrected chi connectivity index (χ0v) is 17.8. The monoisotopic (exact) mass is 433 g/mol. The van der Waals surface area contributed by atoms with Crippen LogP contribution < -0.4 is 14.8 Å². The molecule has 0 fully saturated rings. The van der Waals surface area contributed by atoms with Crippen LogP contribution in [0.4, 0.5) is 0 Å². The van der Waals surface area contributed by atoms with Crippen molar-refractivity contribution in [3.63, 3.8) is 0 Å². The fourth-order valence-corrected chi connectivity index (χ4v) is 3.45. The number of rotatable bonds is 7. The summed E-state index contributed by atoms with van der Waals surface area (Å²) in [5, 5.41) is 8.52. The fourth-order valence-electron chi connectivity index (χ4n) is 2.95. The molecule has 0 saturated carbocycles. The van der Waals surface area contributed by atoms with Crippen molar-refractivity contribution >= 4 is 29.1 Å². The molecule has 1 N–H and O–H groups in total. The normalized spacial score (nSPS) is 10.7. The molecule has 0 saturated heterocycles. The molecule has 8 heteroatoms. The first kappa shape index (κ1) is 21.0. The van der Waals surface area contributed by atoms with Crippen LogP contribution in [-0.4, -0.2) is 36.5 Å². The van der Waals surface area contributed by atoms with E-state index in [4.69, 9.17) is 32.7 Å². The van der Waals surface area contributed by atoms with Crippen LogP contribution in [0.2, 0.25) is 10.0 Å². The topological polar surface area (TPSA) is 65.4 Å². The van der Waals surface area contributed by atoms with Crippen LogP contribution in [0.5, 0.6) is 11.5 Å². The summed E-state index contributed by atoms with van der Waals surface area (Å²) in [5.74, 6) is 1.08. The lowest BCUT2D eigenvalue weighted by Crippen LogP contribution is -2.27. The van der Waals surface area contributed by atoms with E-state index < -0.39 is 0 Å². The van der Waals surface area contributed by atoms with E-state index in [1.165, 1.54) is 0 Å². The van der Waals surface area contributed by atoms with Crippen LogP contribution in [0.25, 0.3) is 11.3 Å². The van der Waals surface area contributed by atoms with Gasteiger partial charge in [0.25, 0.3) is 5.91 Å². The van der Waals surface area contributed by atoms with Crippen LogP contribution in [0.1, 0.15) is 16.1 Å². The van der Waals surface area contributed by atoms with Gasteiger partial charge < -0.3 is 14.8 Å². The Morgan fingerprint density at radius 1 is 1.10 bits per heavy atom. The molecule has 0 atom stereocenters. The minimum absolute atomic E-state index is 0.219. The van der Waals surface area contributed by atoms with Crippen LogP contribution in [0, 0.1) is 0 Å². The molecule has 0 spiro atoms. The molecule has 1 heterocycles. The highest BCUT2D eigenvalue weighted by Gasteiger charge is 2.17. The standard InChI is InChI=1S/C21H21Cl2N3O3/c1-26-19(21(27)24-9-8-13-4-5-14(22)10-17(13)23)12-18(25-26)16-7-6-15(28-2)11-20(16)29-3/h4-7,10-12H,8-9H2,1-3H3,(H,24,27). The lowest BCUT2D eigenvalue weighted by Gasteiger charge is -2.08. The van der Waals surface area contributed by atoms with E-state index in [1.807, 2.05) is 18.2 Å². The molecule has 0 aliphatic carbocycles. The van der Waals surface area contributed by atoms with Crippen molar-refractivity contribution in [1.29, 1.82) is 0 Å². The van der Waals surface area contributed by atoms with Crippen molar-refractivity contribution in [3.05, 3.63) is 63.8 Å². The van der Waals surface area contributed by atoms with Gasteiger partial charge in [0.05, 0.1) is 19.9 Å². The van der Waals surface area contributed by atoms with Gasteiger partial charge in [-0.25, -0.2) is 0 Å². The number of hydrogen-bond donors (Lipinski definition) is 1. The number of halogens is 2. The van der Waals surface area contributed by atoms with Crippen molar-refractivity contribution in [2.75, 3.05) is 20.8 Å². The Hall–Kier alpha value is -2.70. The largest absolute Gasteiger partial charge is 0.497 e. The Kier molecular flexibility index (Phi) is 6.67. The lowest BCUT2D eigenvalue weighted by molar-refractivity contribution is 0.0944. The molecular weight excluding hydrogens is 413 g/mol. The summed E-state index contributed by atoms with van der Waals surface area (Å²) >= 11 is 12.1. The van der Waals surface area contributed by atoms with Crippen molar-refractivity contribution in [3.8, 4) is 22.8 Å². The minimum Gasteiger partial charge on any atom is -0.497 e. The summed E-state index contributed by atoms with van der Waals surface area (Å²) in [7, 11) is 4.90. The molecule has 1 aromatic heterocycles. The van der Waals surface area contributed by atoms with E-state index in [1.54, 1.807) is 50.2 Å². The quantitative estimate of drug-likeness (QED) is 0.600. The number of ether oxygens (including phenoxy) is 2. The molecule has 0 aliphatic rings. The zero-order chi connectivity index (χ0) is 21.0. The SMILES string of the molecule is COc1ccc(-c2cc(C(=O)NCCc3ccc(Cl)cc3Cl)n(C)n2)c(OC)c1. The lowest BCUT2D eigenvalue weighted by atomic mass is 10.1. The second-order valence-corrected chi connectivity index (χ2v) is 7.19. The van der Waals surface area contributed by atoms with Gasteiger partial charge in [-0.15, -0.1) is 0 Å². The maximum atomic E-state index is 12.6. The Morgan fingerprint density at radius 3 is 2.59 bits per heavy atom. The van der Waals surface area contributed by atoms with Gasteiger partial charge in [0.1, 0.15) is 17.2 Å². The third-order valence-electron chi connectivity index (χ3n) is 4.49. The average molecular weight is 434 g/mol. The molecule has 0 bridgehead atoms.